The number of halogens is 2. The molecule has 2 aliphatic rings. The molecule has 1 aromatic carbocycles. The van der Waals surface area contributed by atoms with Gasteiger partial charge in [-0.3, -0.25) is 14.9 Å². The van der Waals surface area contributed by atoms with E-state index in [-0.39, 0.29) is 11.9 Å². The minimum Gasteiger partial charge on any atom is -0.348 e. The van der Waals surface area contributed by atoms with Crippen LogP contribution in [0.15, 0.2) is 18.2 Å². The minimum atomic E-state index is -2.83. The highest BCUT2D eigenvalue weighted by Gasteiger charge is 2.42. The SMILES string of the molecule is CC(NC(=O)C1CC(F)(F)CN1)c1ccc2c(c1)CC(=O)N2. The summed E-state index contributed by atoms with van der Waals surface area (Å²) >= 11 is 0. The molecule has 1 aromatic rings. The topological polar surface area (TPSA) is 70.2 Å². The summed E-state index contributed by atoms with van der Waals surface area (Å²) in [6.45, 7) is 1.32. The van der Waals surface area contributed by atoms with Gasteiger partial charge in [0.25, 0.3) is 5.92 Å². The average Bonchev–Trinajstić information content (AvgIpc) is 2.98. The predicted octanol–water partition coefficient (Wildman–Crippen LogP) is 1.36. The lowest BCUT2D eigenvalue weighted by atomic mass is 10.0. The maximum absolute atomic E-state index is 13.1. The van der Waals surface area contributed by atoms with Crippen molar-refractivity contribution in [2.45, 2.75) is 37.8 Å². The fourth-order valence-electron chi connectivity index (χ4n) is 2.82. The first-order valence-corrected chi connectivity index (χ1v) is 7.18. The molecular weight excluding hydrogens is 292 g/mol. The van der Waals surface area contributed by atoms with Gasteiger partial charge in [0.05, 0.1) is 25.0 Å². The van der Waals surface area contributed by atoms with Crippen LogP contribution in [-0.4, -0.2) is 30.3 Å². The molecule has 7 heteroatoms. The molecule has 22 heavy (non-hydrogen) atoms. The van der Waals surface area contributed by atoms with Gasteiger partial charge in [0.2, 0.25) is 11.8 Å². The molecule has 1 saturated heterocycles. The summed E-state index contributed by atoms with van der Waals surface area (Å²) < 4.78 is 26.2. The van der Waals surface area contributed by atoms with Crippen molar-refractivity contribution in [3.63, 3.8) is 0 Å². The van der Waals surface area contributed by atoms with Crippen molar-refractivity contribution in [3.8, 4) is 0 Å². The Morgan fingerprint density at radius 1 is 1.45 bits per heavy atom. The number of hydrogen-bond donors (Lipinski definition) is 3. The smallest absolute Gasteiger partial charge is 0.262 e. The summed E-state index contributed by atoms with van der Waals surface area (Å²) in [6.07, 6.45) is -0.158. The van der Waals surface area contributed by atoms with Crippen LogP contribution in [0.4, 0.5) is 14.5 Å². The lowest BCUT2D eigenvalue weighted by Crippen LogP contribution is -2.41. The quantitative estimate of drug-likeness (QED) is 0.789. The van der Waals surface area contributed by atoms with Crippen LogP contribution in [0.2, 0.25) is 0 Å². The number of carbonyl (C=O) groups is 2. The second-order valence-electron chi connectivity index (χ2n) is 5.87. The van der Waals surface area contributed by atoms with Crippen LogP contribution in [0, 0.1) is 0 Å². The average molecular weight is 309 g/mol. The molecule has 2 heterocycles. The van der Waals surface area contributed by atoms with Crippen LogP contribution in [0.5, 0.6) is 0 Å². The molecule has 118 valence electrons. The molecule has 2 amide bonds. The molecule has 3 N–H and O–H groups in total. The van der Waals surface area contributed by atoms with Crippen LogP contribution >= 0.6 is 0 Å². The van der Waals surface area contributed by atoms with Crippen LogP contribution in [-0.2, 0) is 16.0 Å². The van der Waals surface area contributed by atoms with E-state index in [1.165, 1.54) is 0 Å². The number of carbonyl (C=O) groups excluding carboxylic acids is 2. The molecule has 0 aromatic heterocycles. The molecular formula is C15H17F2N3O2. The lowest BCUT2D eigenvalue weighted by Gasteiger charge is -2.18. The Morgan fingerprint density at radius 3 is 2.91 bits per heavy atom. The molecule has 2 atom stereocenters. The van der Waals surface area contributed by atoms with E-state index in [9.17, 15) is 18.4 Å². The highest BCUT2D eigenvalue weighted by molar-refractivity contribution is 5.99. The molecule has 0 aliphatic carbocycles. The molecule has 2 unspecified atom stereocenters. The fraction of sp³-hybridized carbons (Fsp3) is 0.467. The first kappa shape index (κ1) is 14.9. The summed E-state index contributed by atoms with van der Waals surface area (Å²) in [5.41, 5.74) is 2.51. The monoisotopic (exact) mass is 309 g/mol. The predicted molar refractivity (Wildman–Crippen MR) is 76.7 cm³/mol. The van der Waals surface area contributed by atoms with Crippen molar-refractivity contribution in [2.75, 3.05) is 11.9 Å². The minimum absolute atomic E-state index is 0.0544. The largest absolute Gasteiger partial charge is 0.348 e. The van der Waals surface area contributed by atoms with E-state index in [0.29, 0.717) is 6.42 Å². The number of benzene rings is 1. The van der Waals surface area contributed by atoms with Gasteiger partial charge in [-0.1, -0.05) is 12.1 Å². The Bertz CT molecular complexity index is 633. The first-order chi connectivity index (χ1) is 10.3. The zero-order valence-corrected chi connectivity index (χ0v) is 12.1. The summed E-state index contributed by atoms with van der Waals surface area (Å²) in [5.74, 6) is -3.31. The van der Waals surface area contributed by atoms with E-state index >= 15 is 0 Å². The summed E-state index contributed by atoms with van der Waals surface area (Å²) in [4.78, 5) is 23.4. The van der Waals surface area contributed by atoms with Crippen molar-refractivity contribution in [1.29, 1.82) is 0 Å². The van der Waals surface area contributed by atoms with Gasteiger partial charge in [0.1, 0.15) is 0 Å². The van der Waals surface area contributed by atoms with Crippen LogP contribution in [0.1, 0.15) is 30.5 Å². The number of nitrogens with one attached hydrogen (secondary N) is 3. The van der Waals surface area contributed by atoms with E-state index in [2.05, 4.69) is 16.0 Å². The van der Waals surface area contributed by atoms with Crippen LogP contribution in [0.3, 0.4) is 0 Å². The zero-order chi connectivity index (χ0) is 15.9. The molecule has 0 spiro atoms. The van der Waals surface area contributed by atoms with Crippen LogP contribution in [0.25, 0.3) is 0 Å². The first-order valence-electron chi connectivity index (χ1n) is 7.18. The Labute approximate surface area is 126 Å². The standard InChI is InChI=1S/C15H17F2N3O2/c1-8(19-14(22)12-6-15(16,17)7-18-12)9-2-3-11-10(4-9)5-13(21)20-11/h2-4,8,12,18H,5-7H2,1H3,(H,19,22)(H,20,21). The van der Waals surface area contributed by atoms with Gasteiger partial charge >= 0.3 is 0 Å². The van der Waals surface area contributed by atoms with Crippen molar-refractivity contribution in [3.05, 3.63) is 29.3 Å². The molecule has 0 bridgehead atoms. The number of fused-ring (bicyclic) bond motifs is 1. The third kappa shape index (κ3) is 2.94. The third-order valence-electron chi connectivity index (χ3n) is 4.04. The van der Waals surface area contributed by atoms with Crippen molar-refractivity contribution >= 4 is 17.5 Å². The summed E-state index contributed by atoms with van der Waals surface area (Å²) in [6, 6.07) is 4.28. The summed E-state index contributed by atoms with van der Waals surface area (Å²) in [5, 5.41) is 8.01. The number of anilines is 1. The Hall–Kier alpha value is -2.02. The second-order valence-corrected chi connectivity index (χ2v) is 5.87. The Kier molecular flexibility index (Phi) is 3.60. The summed E-state index contributed by atoms with van der Waals surface area (Å²) in [7, 11) is 0. The van der Waals surface area contributed by atoms with Crippen molar-refractivity contribution in [2.24, 2.45) is 0 Å². The van der Waals surface area contributed by atoms with E-state index < -0.39 is 30.8 Å². The molecule has 2 aliphatic heterocycles. The molecule has 3 rings (SSSR count). The van der Waals surface area contributed by atoms with E-state index in [0.717, 1.165) is 16.8 Å². The van der Waals surface area contributed by atoms with Crippen LogP contribution < -0.4 is 16.0 Å². The van der Waals surface area contributed by atoms with Gasteiger partial charge in [-0.2, -0.15) is 0 Å². The van der Waals surface area contributed by atoms with Crippen molar-refractivity contribution in [1.82, 2.24) is 10.6 Å². The molecule has 5 nitrogen and oxygen atoms in total. The zero-order valence-electron chi connectivity index (χ0n) is 12.1. The van der Waals surface area contributed by atoms with Gasteiger partial charge < -0.3 is 10.6 Å². The van der Waals surface area contributed by atoms with Gasteiger partial charge in [-0.15, -0.1) is 0 Å². The number of alkyl halides is 2. The van der Waals surface area contributed by atoms with Gasteiger partial charge in [0, 0.05) is 12.1 Å². The number of rotatable bonds is 3. The Balaban J connectivity index is 1.65. The van der Waals surface area contributed by atoms with E-state index in [1.54, 1.807) is 13.0 Å². The fourth-order valence-corrected chi connectivity index (χ4v) is 2.82. The van der Waals surface area contributed by atoms with E-state index in [4.69, 9.17) is 0 Å². The lowest BCUT2D eigenvalue weighted by molar-refractivity contribution is -0.124. The van der Waals surface area contributed by atoms with Gasteiger partial charge in [-0.05, 0) is 24.1 Å². The highest BCUT2D eigenvalue weighted by atomic mass is 19.3. The molecule has 0 saturated carbocycles. The van der Waals surface area contributed by atoms with Gasteiger partial charge in [0.15, 0.2) is 0 Å². The van der Waals surface area contributed by atoms with Crippen molar-refractivity contribution < 1.29 is 18.4 Å². The van der Waals surface area contributed by atoms with E-state index in [1.807, 2.05) is 12.1 Å². The maximum atomic E-state index is 13.1. The maximum Gasteiger partial charge on any atom is 0.262 e. The number of hydrogen-bond acceptors (Lipinski definition) is 3. The highest BCUT2D eigenvalue weighted by Crippen LogP contribution is 2.28. The molecule has 0 radical (unpaired) electrons. The Morgan fingerprint density at radius 2 is 2.23 bits per heavy atom. The third-order valence-corrected chi connectivity index (χ3v) is 4.04. The normalized spacial score (nSPS) is 23.8. The number of amides is 2. The van der Waals surface area contributed by atoms with Gasteiger partial charge in [-0.25, -0.2) is 8.78 Å². The second kappa shape index (κ2) is 5.31. The molecule has 1 fully saturated rings.